The monoisotopic (exact) mass is 413 g/mol. The van der Waals surface area contributed by atoms with Gasteiger partial charge in [0.1, 0.15) is 11.6 Å². The fraction of sp³-hybridized carbons (Fsp3) is 0.632. The van der Waals surface area contributed by atoms with E-state index in [-0.39, 0.29) is 29.9 Å². The molecule has 1 aromatic rings. The lowest BCUT2D eigenvalue weighted by Gasteiger charge is -2.26. The summed E-state index contributed by atoms with van der Waals surface area (Å²) in [7, 11) is -3.98. The van der Waals surface area contributed by atoms with Gasteiger partial charge in [0.15, 0.2) is 0 Å². The normalized spacial score (nSPS) is 25.3. The topological polar surface area (TPSA) is 60.9 Å². The molecule has 2 heterocycles. The minimum absolute atomic E-state index is 0.149. The molecule has 2 saturated heterocycles. The second-order valence-corrected chi connectivity index (χ2v) is 9.87. The first-order valence-electron chi connectivity index (χ1n) is 9.84. The molecule has 2 aliphatic heterocycles. The molecule has 1 unspecified atom stereocenters. The largest absolute Gasteiger partial charge is 0.341 e. The van der Waals surface area contributed by atoms with Crippen LogP contribution in [0.3, 0.4) is 0 Å². The SMILES string of the molecule is O=C1C(N2CCCN(S(=O)(=O)c3cc(F)cc(F)c3)CC2)CCN1CC1CC1. The van der Waals surface area contributed by atoms with Crippen LogP contribution in [0.15, 0.2) is 23.1 Å². The molecule has 1 aromatic carbocycles. The number of amides is 1. The predicted octanol–water partition coefficient (Wildman–Crippen LogP) is 1.67. The summed E-state index contributed by atoms with van der Waals surface area (Å²) < 4.78 is 53.8. The van der Waals surface area contributed by atoms with Gasteiger partial charge in [0.05, 0.1) is 10.9 Å². The van der Waals surface area contributed by atoms with E-state index in [0.717, 1.165) is 31.6 Å². The Bertz CT molecular complexity index is 840. The first kappa shape index (κ1) is 19.7. The third kappa shape index (κ3) is 4.06. The molecule has 1 aliphatic carbocycles. The zero-order valence-electron chi connectivity index (χ0n) is 15.7. The van der Waals surface area contributed by atoms with Crippen LogP contribution in [0.4, 0.5) is 8.78 Å². The number of carbonyl (C=O) groups is 1. The lowest BCUT2D eigenvalue weighted by molar-refractivity contribution is -0.132. The van der Waals surface area contributed by atoms with Crippen molar-refractivity contribution in [1.82, 2.24) is 14.1 Å². The number of nitrogens with zero attached hydrogens (tertiary/aromatic N) is 3. The fourth-order valence-corrected chi connectivity index (χ4v) is 5.66. The van der Waals surface area contributed by atoms with E-state index < -0.39 is 21.7 Å². The van der Waals surface area contributed by atoms with Gasteiger partial charge in [-0.15, -0.1) is 0 Å². The summed E-state index contributed by atoms with van der Waals surface area (Å²) in [5, 5.41) is 0. The van der Waals surface area contributed by atoms with Crippen LogP contribution in [-0.2, 0) is 14.8 Å². The minimum Gasteiger partial charge on any atom is -0.341 e. The Hall–Kier alpha value is -1.58. The lowest BCUT2D eigenvalue weighted by atomic mass is 10.2. The van der Waals surface area contributed by atoms with Crippen molar-refractivity contribution >= 4 is 15.9 Å². The van der Waals surface area contributed by atoms with Gasteiger partial charge in [-0.3, -0.25) is 9.69 Å². The van der Waals surface area contributed by atoms with Crippen molar-refractivity contribution < 1.29 is 22.0 Å². The van der Waals surface area contributed by atoms with Crippen molar-refractivity contribution in [2.45, 2.75) is 36.6 Å². The van der Waals surface area contributed by atoms with Crippen molar-refractivity contribution in [3.05, 3.63) is 29.8 Å². The number of sulfonamides is 1. The van der Waals surface area contributed by atoms with E-state index in [2.05, 4.69) is 4.90 Å². The molecule has 4 rings (SSSR count). The summed E-state index contributed by atoms with van der Waals surface area (Å²) in [4.78, 5) is 16.4. The van der Waals surface area contributed by atoms with E-state index in [1.54, 1.807) is 0 Å². The second kappa shape index (κ2) is 7.68. The molecule has 6 nitrogen and oxygen atoms in total. The third-order valence-electron chi connectivity index (χ3n) is 5.85. The van der Waals surface area contributed by atoms with Gasteiger partial charge >= 0.3 is 0 Å². The van der Waals surface area contributed by atoms with E-state index in [1.165, 1.54) is 17.1 Å². The van der Waals surface area contributed by atoms with Gasteiger partial charge in [0.25, 0.3) is 0 Å². The Morgan fingerprint density at radius 1 is 0.929 bits per heavy atom. The molecule has 9 heteroatoms. The third-order valence-corrected chi connectivity index (χ3v) is 7.73. The van der Waals surface area contributed by atoms with Crippen LogP contribution in [0.5, 0.6) is 0 Å². The Labute approximate surface area is 164 Å². The van der Waals surface area contributed by atoms with Crippen LogP contribution in [0.25, 0.3) is 0 Å². The smallest absolute Gasteiger partial charge is 0.243 e. The highest BCUT2D eigenvalue weighted by Gasteiger charge is 2.39. The highest BCUT2D eigenvalue weighted by molar-refractivity contribution is 7.89. The minimum atomic E-state index is -3.98. The van der Waals surface area contributed by atoms with Crippen LogP contribution in [0.1, 0.15) is 25.7 Å². The zero-order chi connectivity index (χ0) is 19.9. The molecule has 28 heavy (non-hydrogen) atoms. The number of hydrogen-bond acceptors (Lipinski definition) is 4. The van der Waals surface area contributed by atoms with Crippen LogP contribution in [0.2, 0.25) is 0 Å². The fourth-order valence-electron chi connectivity index (χ4n) is 4.15. The molecule has 0 N–H and O–H groups in total. The molecule has 0 bridgehead atoms. The zero-order valence-corrected chi connectivity index (χ0v) is 16.5. The number of benzene rings is 1. The average molecular weight is 413 g/mol. The molecule has 3 aliphatic rings. The van der Waals surface area contributed by atoms with E-state index in [9.17, 15) is 22.0 Å². The van der Waals surface area contributed by atoms with Crippen molar-refractivity contribution in [3.8, 4) is 0 Å². The first-order chi connectivity index (χ1) is 13.3. The molecule has 0 radical (unpaired) electrons. The maximum absolute atomic E-state index is 13.5. The van der Waals surface area contributed by atoms with Crippen LogP contribution < -0.4 is 0 Å². The van der Waals surface area contributed by atoms with E-state index in [0.29, 0.717) is 31.5 Å². The standard InChI is InChI=1S/C19H25F2N3O3S/c20-15-10-16(21)12-17(11-15)28(26,27)24-6-1-5-22(8-9-24)18-4-7-23(19(18)25)13-14-2-3-14/h10-12,14,18H,1-9,13H2. The highest BCUT2D eigenvalue weighted by atomic mass is 32.2. The quantitative estimate of drug-likeness (QED) is 0.737. The molecular weight excluding hydrogens is 388 g/mol. The number of likely N-dealkylation sites (tertiary alicyclic amines) is 1. The Morgan fingerprint density at radius 2 is 1.64 bits per heavy atom. The van der Waals surface area contributed by atoms with Crippen molar-refractivity contribution in [3.63, 3.8) is 0 Å². The number of halogens is 2. The van der Waals surface area contributed by atoms with Gasteiger partial charge in [-0.25, -0.2) is 17.2 Å². The molecule has 0 aromatic heterocycles. The summed E-state index contributed by atoms with van der Waals surface area (Å²) in [6.45, 7) is 3.15. The maximum Gasteiger partial charge on any atom is 0.243 e. The Kier molecular flexibility index (Phi) is 5.41. The van der Waals surface area contributed by atoms with E-state index in [4.69, 9.17) is 0 Å². The Balaban J connectivity index is 1.42. The van der Waals surface area contributed by atoms with Crippen molar-refractivity contribution in [2.24, 2.45) is 5.92 Å². The predicted molar refractivity (Wildman–Crippen MR) is 99.0 cm³/mol. The van der Waals surface area contributed by atoms with Crippen LogP contribution in [0, 0.1) is 17.6 Å². The van der Waals surface area contributed by atoms with E-state index >= 15 is 0 Å². The molecule has 154 valence electrons. The second-order valence-electron chi connectivity index (χ2n) is 7.93. The summed E-state index contributed by atoms with van der Waals surface area (Å²) in [5.74, 6) is -1.03. The maximum atomic E-state index is 13.5. The molecule has 3 fully saturated rings. The molecular formula is C19H25F2N3O3S. The highest BCUT2D eigenvalue weighted by Crippen LogP contribution is 2.32. The number of carbonyl (C=O) groups excluding carboxylic acids is 1. The first-order valence-corrected chi connectivity index (χ1v) is 11.3. The summed E-state index contributed by atoms with van der Waals surface area (Å²) in [5.41, 5.74) is 0. The van der Waals surface area contributed by atoms with Crippen molar-refractivity contribution in [2.75, 3.05) is 39.3 Å². The molecule has 1 amide bonds. The van der Waals surface area contributed by atoms with Gasteiger partial charge < -0.3 is 4.90 Å². The Morgan fingerprint density at radius 3 is 2.32 bits per heavy atom. The van der Waals surface area contributed by atoms with Crippen molar-refractivity contribution in [1.29, 1.82) is 0 Å². The molecule has 1 saturated carbocycles. The van der Waals surface area contributed by atoms with E-state index in [1.807, 2.05) is 4.90 Å². The van der Waals surface area contributed by atoms with Crippen LogP contribution in [-0.4, -0.2) is 73.7 Å². The van der Waals surface area contributed by atoms with Gasteiger partial charge in [-0.05, 0) is 43.7 Å². The number of rotatable bonds is 5. The van der Waals surface area contributed by atoms with Crippen LogP contribution >= 0.6 is 0 Å². The molecule has 1 atom stereocenters. The summed E-state index contributed by atoms with van der Waals surface area (Å²) in [6, 6.07) is 2.16. The van der Waals surface area contributed by atoms with Gasteiger partial charge in [0.2, 0.25) is 15.9 Å². The van der Waals surface area contributed by atoms with Gasteiger partial charge in [0, 0.05) is 45.3 Å². The van der Waals surface area contributed by atoms with Gasteiger partial charge in [-0.1, -0.05) is 0 Å². The summed E-state index contributed by atoms with van der Waals surface area (Å²) in [6.07, 6.45) is 3.74. The number of hydrogen-bond donors (Lipinski definition) is 0. The average Bonchev–Trinajstić information content (AvgIpc) is 3.41. The molecule has 0 spiro atoms. The summed E-state index contributed by atoms with van der Waals surface area (Å²) >= 11 is 0. The lowest BCUT2D eigenvalue weighted by Crippen LogP contribution is -2.44. The van der Waals surface area contributed by atoms with Gasteiger partial charge in [-0.2, -0.15) is 4.31 Å².